The van der Waals surface area contributed by atoms with Crippen molar-refractivity contribution in [1.82, 2.24) is 19.9 Å². The van der Waals surface area contributed by atoms with Crippen LogP contribution in [0.3, 0.4) is 0 Å². The number of rotatable bonds is 10. The highest BCUT2D eigenvalue weighted by Crippen LogP contribution is 2.33. The Labute approximate surface area is 185 Å². The minimum absolute atomic E-state index is 0.0471. The fourth-order valence-corrected chi connectivity index (χ4v) is 4.33. The highest BCUT2D eigenvalue weighted by Gasteiger charge is 2.33. The summed E-state index contributed by atoms with van der Waals surface area (Å²) in [6, 6.07) is 7.80. The van der Waals surface area contributed by atoms with E-state index >= 15 is 0 Å². The van der Waals surface area contributed by atoms with Crippen LogP contribution in [0.4, 0.5) is 23.8 Å². The average Bonchev–Trinajstić information content (AvgIpc) is 2.76. The van der Waals surface area contributed by atoms with Crippen molar-refractivity contribution >= 4 is 21.9 Å². The second-order valence-electron chi connectivity index (χ2n) is 6.67. The Morgan fingerprint density at radius 2 is 1.69 bits per heavy atom. The van der Waals surface area contributed by atoms with Crippen molar-refractivity contribution in [2.75, 3.05) is 31.5 Å². The molecule has 1 aromatic carbocycles. The van der Waals surface area contributed by atoms with E-state index in [9.17, 15) is 26.4 Å². The maximum atomic E-state index is 12.9. The second-order valence-corrected chi connectivity index (χ2v) is 8.60. The first kappa shape index (κ1) is 25.4. The van der Waals surface area contributed by atoms with Crippen molar-refractivity contribution in [3.63, 3.8) is 0 Å². The van der Waals surface area contributed by atoms with Crippen LogP contribution in [0, 0.1) is 0 Å². The topological polar surface area (TPSA) is 103 Å². The van der Waals surface area contributed by atoms with Gasteiger partial charge >= 0.3 is 12.2 Å². The monoisotopic (exact) mass is 473 g/mol. The molecule has 0 fully saturated rings. The van der Waals surface area contributed by atoms with Crippen LogP contribution in [-0.2, 0) is 22.7 Å². The van der Waals surface area contributed by atoms with Crippen molar-refractivity contribution in [2.45, 2.75) is 31.5 Å². The van der Waals surface area contributed by atoms with E-state index in [2.05, 4.69) is 20.9 Å². The van der Waals surface area contributed by atoms with Crippen LogP contribution >= 0.6 is 0 Å². The van der Waals surface area contributed by atoms with E-state index in [-0.39, 0.29) is 30.3 Å². The highest BCUT2D eigenvalue weighted by molar-refractivity contribution is 7.89. The molecule has 32 heavy (non-hydrogen) atoms. The van der Waals surface area contributed by atoms with E-state index in [1.807, 2.05) is 0 Å². The van der Waals surface area contributed by atoms with Crippen molar-refractivity contribution < 1.29 is 26.4 Å². The number of benzene rings is 1. The van der Waals surface area contributed by atoms with E-state index in [0.717, 1.165) is 6.07 Å². The number of carbonyl (C=O) groups is 1. The molecule has 176 valence electrons. The predicted octanol–water partition coefficient (Wildman–Crippen LogP) is 3.04. The molecule has 0 radical (unpaired) electrons. The number of aromatic nitrogens is 1. The number of pyridine rings is 1. The van der Waals surface area contributed by atoms with Crippen molar-refractivity contribution in [3.05, 3.63) is 53.7 Å². The summed E-state index contributed by atoms with van der Waals surface area (Å²) in [5.41, 5.74) is -0.184. The van der Waals surface area contributed by atoms with Gasteiger partial charge in [0.2, 0.25) is 10.0 Å². The number of hydrogen-bond acceptors (Lipinski definition) is 5. The summed E-state index contributed by atoms with van der Waals surface area (Å²) in [5, 5.41) is 7.68. The summed E-state index contributed by atoms with van der Waals surface area (Å²) in [6.07, 6.45) is -3.28. The lowest BCUT2D eigenvalue weighted by atomic mass is 10.2. The molecular weight excluding hydrogens is 447 g/mol. The molecule has 1 heterocycles. The minimum atomic E-state index is -4.53. The fourth-order valence-electron chi connectivity index (χ4n) is 2.87. The molecule has 0 spiro atoms. The van der Waals surface area contributed by atoms with Gasteiger partial charge in [-0.1, -0.05) is 26.0 Å². The van der Waals surface area contributed by atoms with Crippen molar-refractivity contribution in [3.8, 4) is 0 Å². The average molecular weight is 474 g/mol. The summed E-state index contributed by atoms with van der Waals surface area (Å²) < 4.78 is 65.0. The zero-order valence-electron chi connectivity index (χ0n) is 17.7. The van der Waals surface area contributed by atoms with E-state index in [1.165, 1.54) is 28.7 Å². The maximum Gasteiger partial charge on any atom is 0.419 e. The first-order valence-electron chi connectivity index (χ1n) is 9.96. The van der Waals surface area contributed by atoms with Crippen LogP contribution in [0.2, 0.25) is 0 Å². The van der Waals surface area contributed by atoms with Gasteiger partial charge in [-0.15, -0.1) is 0 Å². The molecule has 0 saturated heterocycles. The van der Waals surface area contributed by atoms with Gasteiger partial charge in [0.1, 0.15) is 5.82 Å². The standard InChI is InChI=1S/C20H26F3N5O3S/c1-3-28(4-2)32(30,31)16-9-7-15(8-10-16)14-27-19(29)26-13-12-25-18-17(20(21,22)23)6-5-11-24-18/h5-11H,3-4,12-14H2,1-2H3,(H,24,25)(H2,26,27,29). The Morgan fingerprint density at radius 1 is 1.03 bits per heavy atom. The van der Waals surface area contributed by atoms with E-state index in [0.29, 0.717) is 18.7 Å². The zero-order valence-corrected chi connectivity index (χ0v) is 18.6. The first-order valence-corrected chi connectivity index (χ1v) is 11.4. The third-order valence-corrected chi connectivity index (χ3v) is 6.60. The Balaban J connectivity index is 1.80. The molecule has 0 unspecified atom stereocenters. The molecule has 0 aliphatic heterocycles. The molecular formula is C20H26F3N5O3S. The number of nitrogens with zero attached hydrogens (tertiary/aromatic N) is 2. The predicted molar refractivity (Wildman–Crippen MR) is 115 cm³/mol. The van der Waals surface area contributed by atoms with Crippen molar-refractivity contribution in [1.29, 1.82) is 0 Å². The van der Waals surface area contributed by atoms with Crippen LogP contribution in [0.15, 0.2) is 47.5 Å². The lowest BCUT2D eigenvalue weighted by Crippen LogP contribution is -2.37. The van der Waals surface area contributed by atoms with Crippen LogP contribution in [0.1, 0.15) is 25.0 Å². The Bertz CT molecular complexity index is 994. The second kappa shape index (κ2) is 11.1. The Morgan fingerprint density at radius 3 is 2.28 bits per heavy atom. The van der Waals surface area contributed by atoms with E-state index < -0.39 is 27.8 Å². The molecule has 0 aliphatic carbocycles. The first-order chi connectivity index (χ1) is 15.1. The molecule has 2 aromatic rings. The molecule has 0 atom stereocenters. The molecule has 0 aliphatic rings. The Kier molecular flexibility index (Phi) is 8.84. The van der Waals surface area contributed by atoms with Gasteiger partial charge in [-0.2, -0.15) is 17.5 Å². The summed E-state index contributed by atoms with van der Waals surface area (Å²) >= 11 is 0. The van der Waals surface area contributed by atoms with E-state index in [1.54, 1.807) is 26.0 Å². The number of halogens is 3. The number of amides is 2. The van der Waals surface area contributed by atoms with Crippen molar-refractivity contribution in [2.24, 2.45) is 0 Å². The van der Waals surface area contributed by atoms with Gasteiger partial charge in [0.05, 0.1) is 10.5 Å². The molecule has 1 aromatic heterocycles. The largest absolute Gasteiger partial charge is 0.419 e. The molecule has 0 saturated carbocycles. The number of anilines is 1. The van der Waals surface area contributed by atoms with Gasteiger partial charge in [-0.3, -0.25) is 0 Å². The van der Waals surface area contributed by atoms with Gasteiger partial charge in [-0.25, -0.2) is 18.2 Å². The van der Waals surface area contributed by atoms with Crippen LogP contribution in [-0.4, -0.2) is 49.9 Å². The van der Waals surface area contributed by atoms with Crippen LogP contribution < -0.4 is 16.0 Å². The number of sulfonamides is 1. The SMILES string of the molecule is CCN(CC)S(=O)(=O)c1ccc(CNC(=O)NCCNc2ncccc2C(F)(F)F)cc1. The third kappa shape index (κ3) is 6.82. The van der Waals surface area contributed by atoms with Gasteiger partial charge in [-0.05, 0) is 29.8 Å². The van der Waals surface area contributed by atoms with Gasteiger partial charge < -0.3 is 16.0 Å². The van der Waals surface area contributed by atoms with Gasteiger partial charge in [0.15, 0.2) is 0 Å². The molecule has 2 amide bonds. The van der Waals surface area contributed by atoms with Crippen LogP contribution in [0.25, 0.3) is 0 Å². The van der Waals surface area contributed by atoms with Gasteiger partial charge in [0.25, 0.3) is 0 Å². The Hall–Kier alpha value is -2.86. The fraction of sp³-hybridized carbons (Fsp3) is 0.400. The summed E-state index contributed by atoms with van der Waals surface area (Å²) in [5.74, 6) is -0.304. The smallest absolute Gasteiger partial charge is 0.368 e. The highest BCUT2D eigenvalue weighted by atomic mass is 32.2. The van der Waals surface area contributed by atoms with E-state index in [4.69, 9.17) is 0 Å². The number of urea groups is 1. The molecule has 0 bridgehead atoms. The molecule has 2 rings (SSSR count). The number of carbonyl (C=O) groups excluding carboxylic acids is 1. The lowest BCUT2D eigenvalue weighted by molar-refractivity contribution is -0.137. The number of alkyl halides is 3. The number of nitrogens with one attached hydrogen (secondary N) is 3. The summed E-state index contributed by atoms with van der Waals surface area (Å²) in [4.78, 5) is 15.8. The quantitative estimate of drug-likeness (QED) is 0.460. The molecule has 12 heteroatoms. The lowest BCUT2D eigenvalue weighted by Gasteiger charge is -2.18. The molecule has 3 N–H and O–H groups in total. The summed E-state index contributed by atoms with van der Waals surface area (Å²) in [6.45, 7) is 4.54. The number of hydrogen-bond donors (Lipinski definition) is 3. The maximum absolute atomic E-state index is 12.9. The van der Waals surface area contributed by atoms with Crippen LogP contribution in [0.5, 0.6) is 0 Å². The van der Waals surface area contributed by atoms with Gasteiger partial charge in [0, 0.05) is 38.9 Å². The minimum Gasteiger partial charge on any atom is -0.368 e. The normalized spacial score (nSPS) is 11.9. The third-order valence-electron chi connectivity index (χ3n) is 4.54. The summed E-state index contributed by atoms with van der Waals surface area (Å²) in [7, 11) is -3.55. The molecule has 8 nitrogen and oxygen atoms in total. The zero-order chi connectivity index (χ0) is 23.8.